The van der Waals surface area contributed by atoms with E-state index in [0.717, 1.165) is 19.4 Å². The summed E-state index contributed by atoms with van der Waals surface area (Å²) in [6, 6.07) is 0. The van der Waals surface area contributed by atoms with Gasteiger partial charge in [0.05, 0.1) is 19.7 Å². The number of rotatable bonds is 2. The first-order chi connectivity index (χ1) is 8.36. The zero-order valence-corrected chi connectivity index (χ0v) is 10.9. The van der Waals surface area contributed by atoms with Crippen molar-refractivity contribution in [3.05, 3.63) is 0 Å². The van der Waals surface area contributed by atoms with Crippen LogP contribution < -0.4 is 4.90 Å². The third-order valence-corrected chi connectivity index (χ3v) is 4.61. The Labute approximate surface area is 104 Å². The lowest BCUT2D eigenvalue weighted by molar-refractivity contribution is -0.907. The Morgan fingerprint density at radius 1 is 0.941 bits per heavy atom. The summed E-state index contributed by atoms with van der Waals surface area (Å²) in [5.41, 5.74) is 0. The third kappa shape index (κ3) is 2.83. The quantitative estimate of drug-likeness (QED) is 0.782. The molecule has 0 amide bonds. The largest absolute Gasteiger partial charge is 0.347 e. The van der Waals surface area contributed by atoms with E-state index in [9.17, 15) is 0 Å². The maximum atomic E-state index is 6.25. The minimum absolute atomic E-state index is 0.169. The maximum Gasteiger partial charge on any atom is 0.169 e. The first-order valence-corrected chi connectivity index (χ1v) is 7.52. The summed E-state index contributed by atoms with van der Waals surface area (Å²) in [4.78, 5) is 1.73. The summed E-state index contributed by atoms with van der Waals surface area (Å²) in [5.74, 6) is -0.169. The van der Waals surface area contributed by atoms with Crippen molar-refractivity contribution in [3.63, 3.8) is 0 Å². The predicted molar refractivity (Wildman–Crippen MR) is 66.1 cm³/mol. The van der Waals surface area contributed by atoms with E-state index in [1.807, 2.05) is 0 Å². The van der Waals surface area contributed by atoms with Crippen LogP contribution in [-0.2, 0) is 9.47 Å². The Bertz CT molecular complexity index is 245. The molecule has 0 aromatic heterocycles. The fraction of sp³-hybridized carbons (Fsp3) is 1.00. The van der Waals surface area contributed by atoms with Crippen molar-refractivity contribution in [3.8, 4) is 0 Å². The second-order valence-corrected chi connectivity index (χ2v) is 6.04. The van der Waals surface area contributed by atoms with Gasteiger partial charge in [0.2, 0.25) is 0 Å². The zero-order chi connectivity index (χ0) is 11.6. The maximum absolute atomic E-state index is 6.25. The summed E-state index contributed by atoms with van der Waals surface area (Å²) in [5, 5.41) is 0. The Balaban J connectivity index is 1.49. The number of nitrogens with one attached hydrogen (secondary N) is 1. The molecule has 3 rings (SSSR count). The van der Waals surface area contributed by atoms with Crippen LogP contribution >= 0.6 is 0 Å². The van der Waals surface area contributed by atoms with Crippen molar-refractivity contribution in [1.29, 1.82) is 0 Å². The average molecular weight is 240 g/mol. The monoisotopic (exact) mass is 240 g/mol. The second kappa shape index (κ2) is 5.25. The Morgan fingerprint density at radius 3 is 2.41 bits per heavy atom. The molecule has 1 atom stereocenters. The topological polar surface area (TPSA) is 22.9 Å². The third-order valence-electron chi connectivity index (χ3n) is 4.61. The zero-order valence-electron chi connectivity index (χ0n) is 10.9. The van der Waals surface area contributed by atoms with E-state index >= 15 is 0 Å². The van der Waals surface area contributed by atoms with Gasteiger partial charge < -0.3 is 14.4 Å². The number of hydrogen-bond acceptors (Lipinski definition) is 2. The van der Waals surface area contributed by atoms with Crippen LogP contribution in [0.1, 0.15) is 51.4 Å². The molecule has 0 aromatic carbocycles. The van der Waals surface area contributed by atoms with Crippen LogP contribution in [0.15, 0.2) is 0 Å². The van der Waals surface area contributed by atoms with Gasteiger partial charge in [0, 0.05) is 12.8 Å². The van der Waals surface area contributed by atoms with Crippen LogP contribution in [0.5, 0.6) is 0 Å². The summed E-state index contributed by atoms with van der Waals surface area (Å²) >= 11 is 0. The van der Waals surface area contributed by atoms with Gasteiger partial charge >= 0.3 is 0 Å². The van der Waals surface area contributed by atoms with Gasteiger partial charge in [-0.15, -0.1) is 0 Å². The van der Waals surface area contributed by atoms with Crippen molar-refractivity contribution < 1.29 is 14.4 Å². The molecule has 17 heavy (non-hydrogen) atoms. The molecule has 1 N–H and O–H groups in total. The predicted octanol–water partition coefficient (Wildman–Crippen LogP) is 1.13. The van der Waals surface area contributed by atoms with E-state index in [4.69, 9.17) is 9.47 Å². The van der Waals surface area contributed by atoms with Gasteiger partial charge in [0.1, 0.15) is 12.6 Å². The van der Waals surface area contributed by atoms with Crippen molar-refractivity contribution >= 4 is 0 Å². The number of hydrogen-bond donors (Lipinski definition) is 1. The lowest BCUT2D eigenvalue weighted by Gasteiger charge is -2.32. The molecule has 0 radical (unpaired) electrons. The Morgan fingerprint density at radius 2 is 1.65 bits per heavy atom. The van der Waals surface area contributed by atoms with Gasteiger partial charge in [-0.05, 0) is 32.1 Å². The van der Waals surface area contributed by atoms with Gasteiger partial charge in [0.25, 0.3) is 0 Å². The molecule has 1 saturated carbocycles. The van der Waals surface area contributed by atoms with Crippen LogP contribution in [0.3, 0.4) is 0 Å². The molecule has 98 valence electrons. The minimum atomic E-state index is -0.169. The number of quaternary nitrogens is 1. The van der Waals surface area contributed by atoms with Crippen LogP contribution in [0, 0.1) is 0 Å². The number of likely N-dealkylation sites (tertiary alicyclic amines) is 1. The molecule has 0 bridgehead atoms. The molecular formula is C14H26NO2+. The van der Waals surface area contributed by atoms with Crippen LogP contribution in [0.25, 0.3) is 0 Å². The average Bonchev–Trinajstić information content (AvgIpc) is 2.74. The molecule has 0 aromatic rings. The molecule has 1 spiro atoms. The van der Waals surface area contributed by atoms with Crippen LogP contribution in [0.2, 0.25) is 0 Å². The highest BCUT2D eigenvalue weighted by Gasteiger charge is 2.43. The normalized spacial score (nSPS) is 34.2. The number of piperidine rings is 1. The van der Waals surface area contributed by atoms with Crippen LogP contribution in [0.4, 0.5) is 0 Å². The van der Waals surface area contributed by atoms with E-state index < -0.39 is 0 Å². The Kier molecular flexibility index (Phi) is 3.69. The van der Waals surface area contributed by atoms with Crippen LogP contribution in [-0.4, -0.2) is 38.1 Å². The van der Waals surface area contributed by atoms with Gasteiger partial charge in [-0.2, -0.15) is 0 Å². The molecule has 1 aliphatic carbocycles. The van der Waals surface area contributed by atoms with E-state index in [2.05, 4.69) is 0 Å². The van der Waals surface area contributed by atoms with E-state index in [-0.39, 0.29) is 5.79 Å². The highest BCUT2D eigenvalue weighted by atomic mass is 16.7. The van der Waals surface area contributed by atoms with Gasteiger partial charge in [-0.3, -0.25) is 0 Å². The van der Waals surface area contributed by atoms with E-state index in [0.29, 0.717) is 6.10 Å². The van der Waals surface area contributed by atoms with Gasteiger partial charge in [-0.1, -0.05) is 6.42 Å². The first-order valence-electron chi connectivity index (χ1n) is 7.52. The highest BCUT2D eigenvalue weighted by Crippen LogP contribution is 2.37. The van der Waals surface area contributed by atoms with E-state index in [1.165, 1.54) is 58.2 Å². The molecule has 0 unspecified atom stereocenters. The molecule has 2 heterocycles. The van der Waals surface area contributed by atoms with Gasteiger partial charge in [0.15, 0.2) is 5.79 Å². The van der Waals surface area contributed by atoms with Crippen molar-refractivity contribution in [2.45, 2.75) is 63.3 Å². The SMILES string of the molecule is C1CC[NH+](C[C@@H]2COC3(CCCCC3)O2)CC1. The molecule has 3 fully saturated rings. The summed E-state index contributed by atoms with van der Waals surface area (Å²) in [7, 11) is 0. The van der Waals surface area contributed by atoms with Crippen molar-refractivity contribution in [1.82, 2.24) is 0 Å². The molecular weight excluding hydrogens is 214 g/mol. The molecule has 3 aliphatic rings. The first kappa shape index (κ1) is 11.9. The lowest BCUT2D eigenvalue weighted by atomic mass is 9.94. The second-order valence-electron chi connectivity index (χ2n) is 6.04. The van der Waals surface area contributed by atoms with E-state index in [1.54, 1.807) is 4.90 Å². The Hall–Kier alpha value is -0.120. The smallest absolute Gasteiger partial charge is 0.169 e. The molecule has 3 nitrogen and oxygen atoms in total. The fourth-order valence-electron chi connectivity index (χ4n) is 3.65. The standard InChI is InChI=1S/C14H25NO2/c1-3-7-14(8-4-1)16-12-13(17-14)11-15-9-5-2-6-10-15/h13H,1-12H2/p+1/t13-/m1/s1. The van der Waals surface area contributed by atoms with Crippen molar-refractivity contribution in [2.24, 2.45) is 0 Å². The summed E-state index contributed by atoms with van der Waals surface area (Å²) in [6.07, 6.45) is 10.7. The summed E-state index contributed by atoms with van der Waals surface area (Å²) < 4.78 is 12.2. The molecule has 2 aliphatic heterocycles. The summed E-state index contributed by atoms with van der Waals surface area (Å²) in [6.45, 7) is 4.69. The number of ether oxygens (including phenoxy) is 2. The molecule has 2 saturated heterocycles. The van der Waals surface area contributed by atoms with Crippen molar-refractivity contribution in [2.75, 3.05) is 26.2 Å². The fourth-order valence-corrected chi connectivity index (χ4v) is 3.65. The minimum Gasteiger partial charge on any atom is -0.347 e. The molecule has 3 heteroatoms. The van der Waals surface area contributed by atoms with Gasteiger partial charge in [-0.25, -0.2) is 0 Å². The lowest BCUT2D eigenvalue weighted by Crippen LogP contribution is -3.13. The highest BCUT2D eigenvalue weighted by molar-refractivity contribution is 4.82.